The van der Waals surface area contributed by atoms with Crippen LogP contribution >= 0.6 is 0 Å². The zero-order valence-electron chi connectivity index (χ0n) is 8.38. The van der Waals surface area contributed by atoms with Gasteiger partial charge in [-0.2, -0.15) is 0 Å². The third-order valence-corrected chi connectivity index (χ3v) is 2.03. The first-order valence-electron chi connectivity index (χ1n) is 4.77. The Morgan fingerprint density at radius 2 is 2.29 bits per heavy atom. The maximum absolute atomic E-state index is 10.8. The van der Waals surface area contributed by atoms with Crippen molar-refractivity contribution in [1.29, 1.82) is 0 Å². The maximum atomic E-state index is 10.8. The Hall–Kier alpha value is -1.29. The molecule has 0 saturated heterocycles. The second-order valence-electron chi connectivity index (χ2n) is 3.29. The van der Waals surface area contributed by atoms with Crippen LogP contribution in [0.2, 0.25) is 0 Å². The van der Waals surface area contributed by atoms with Crippen LogP contribution in [-0.2, 0) is 11.2 Å². The summed E-state index contributed by atoms with van der Waals surface area (Å²) < 4.78 is 5.39. The lowest BCUT2D eigenvalue weighted by molar-refractivity contribution is -0.121. The van der Waals surface area contributed by atoms with Crippen molar-refractivity contribution in [2.24, 2.45) is 5.84 Å². The van der Waals surface area contributed by atoms with E-state index < -0.39 is 0 Å². The van der Waals surface area contributed by atoms with Crippen LogP contribution in [-0.4, -0.2) is 5.91 Å². The van der Waals surface area contributed by atoms with Crippen molar-refractivity contribution in [2.45, 2.75) is 32.6 Å². The minimum atomic E-state index is -0.111. The molecule has 0 bridgehead atoms. The van der Waals surface area contributed by atoms with E-state index >= 15 is 0 Å². The van der Waals surface area contributed by atoms with Gasteiger partial charge in [-0.3, -0.25) is 10.2 Å². The number of rotatable bonds is 5. The molecule has 14 heavy (non-hydrogen) atoms. The molecule has 78 valence electrons. The average Bonchev–Trinajstić information content (AvgIpc) is 2.58. The molecule has 4 nitrogen and oxygen atoms in total. The summed E-state index contributed by atoms with van der Waals surface area (Å²) in [6, 6.07) is 3.92. The second kappa shape index (κ2) is 5.44. The fraction of sp³-hybridized carbons (Fsp3) is 0.500. The highest BCUT2D eigenvalue weighted by Gasteiger charge is 2.00. The van der Waals surface area contributed by atoms with Gasteiger partial charge in [0.2, 0.25) is 5.91 Å². The quantitative estimate of drug-likeness (QED) is 0.323. The molecule has 1 amide bonds. The predicted molar refractivity (Wildman–Crippen MR) is 53.3 cm³/mol. The summed E-state index contributed by atoms with van der Waals surface area (Å²) in [7, 11) is 0. The Labute approximate surface area is 83.4 Å². The van der Waals surface area contributed by atoms with E-state index in [0.717, 1.165) is 30.8 Å². The Morgan fingerprint density at radius 3 is 2.86 bits per heavy atom. The maximum Gasteiger partial charge on any atom is 0.233 e. The van der Waals surface area contributed by atoms with Gasteiger partial charge in [0, 0.05) is 12.8 Å². The van der Waals surface area contributed by atoms with Gasteiger partial charge < -0.3 is 4.42 Å². The topological polar surface area (TPSA) is 68.3 Å². The molecule has 4 heteroatoms. The molecule has 0 aliphatic rings. The standard InChI is InChI=1S/C10H16N2O2/c1-8-6-7-9(14-8)4-2-3-5-10(13)12-11/h6-7H,2-5,11H2,1H3,(H,12,13). The van der Waals surface area contributed by atoms with Crippen LogP contribution in [0.1, 0.15) is 30.8 Å². The molecule has 1 heterocycles. The molecule has 1 aromatic rings. The van der Waals surface area contributed by atoms with E-state index in [-0.39, 0.29) is 5.91 Å². The largest absolute Gasteiger partial charge is 0.466 e. The number of unbranched alkanes of at least 4 members (excludes halogenated alkanes) is 1. The lowest BCUT2D eigenvalue weighted by Gasteiger charge is -1.98. The summed E-state index contributed by atoms with van der Waals surface area (Å²) in [6.07, 6.45) is 3.14. The highest BCUT2D eigenvalue weighted by molar-refractivity contribution is 5.75. The fourth-order valence-corrected chi connectivity index (χ4v) is 1.28. The zero-order valence-corrected chi connectivity index (χ0v) is 8.38. The van der Waals surface area contributed by atoms with Gasteiger partial charge >= 0.3 is 0 Å². The summed E-state index contributed by atoms with van der Waals surface area (Å²) in [6.45, 7) is 1.92. The molecule has 0 aliphatic heterocycles. The van der Waals surface area contributed by atoms with Gasteiger partial charge in [-0.25, -0.2) is 5.84 Å². The molecule has 0 atom stereocenters. The van der Waals surface area contributed by atoms with E-state index in [1.807, 2.05) is 19.1 Å². The Bertz CT molecular complexity index is 294. The van der Waals surface area contributed by atoms with Crippen LogP contribution in [0.3, 0.4) is 0 Å². The van der Waals surface area contributed by atoms with E-state index in [9.17, 15) is 4.79 Å². The number of aryl methyl sites for hydroxylation is 2. The summed E-state index contributed by atoms with van der Waals surface area (Å²) in [4.78, 5) is 10.8. The van der Waals surface area contributed by atoms with Crippen LogP contribution in [0, 0.1) is 6.92 Å². The van der Waals surface area contributed by atoms with Crippen LogP contribution in [0.5, 0.6) is 0 Å². The Morgan fingerprint density at radius 1 is 1.50 bits per heavy atom. The molecule has 0 unspecified atom stereocenters. The number of hydrazine groups is 1. The monoisotopic (exact) mass is 196 g/mol. The molecule has 3 N–H and O–H groups in total. The van der Waals surface area contributed by atoms with Gasteiger partial charge in [-0.1, -0.05) is 0 Å². The summed E-state index contributed by atoms with van der Waals surface area (Å²) in [5.41, 5.74) is 2.11. The normalized spacial score (nSPS) is 10.1. The second-order valence-corrected chi connectivity index (χ2v) is 3.29. The number of nitrogens with two attached hydrogens (primary N) is 1. The molecule has 0 saturated carbocycles. The van der Waals surface area contributed by atoms with E-state index in [4.69, 9.17) is 10.3 Å². The SMILES string of the molecule is Cc1ccc(CCCCC(=O)NN)o1. The van der Waals surface area contributed by atoms with Crippen LogP contribution in [0.4, 0.5) is 0 Å². The number of amides is 1. The third-order valence-electron chi connectivity index (χ3n) is 2.03. The number of hydrogen-bond acceptors (Lipinski definition) is 3. The van der Waals surface area contributed by atoms with E-state index in [1.54, 1.807) is 0 Å². The summed E-state index contributed by atoms with van der Waals surface area (Å²) >= 11 is 0. The van der Waals surface area contributed by atoms with E-state index in [1.165, 1.54) is 0 Å². The molecular weight excluding hydrogens is 180 g/mol. The molecule has 0 spiro atoms. The number of nitrogens with one attached hydrogen (secondary N) is 1. The number of furan rings is 1. The third kappa shape index (κ3) is 3.62. The van der Waals surface area contributed by atoms with Gasteiger partial charge in [-0.05, 0) is 31.9 Å². The van der Waals surface area contributed by atoms with Gasteiger partial charge in [0.05, 0.1) is 0 Å². The first kappa shape index (κ1) is 10.8. The molecule has 1 rings (SSSR count). The van der Waals surface area contributed by atoms with Crippen molar-refractivity contribution in [2.75, 3.05) is 0 Å². The van der Waals surface area contributed by atoms with Crippen molar-refractivity contribution in [3.63, 3.8) is 0 Å². The highest BCUT2D eigenvalue weighted by atomic mass is 16.3. The number of carbonyl (C=O) groups excluding carboxylic acids is 1. The molecule has 0 fully saturated rings. The first-order valence-corrected chi connectivity index (χ1v) is 4.77. The minimum absolute atomic E-state index is 0.111. The molecule has 0 radical (unpaired) electrons. The first-order chi connectivity index (χ1) is 6.72. The minimum Gasteiger partial charge on any atom is -0.466 e. The Kier molecular flexibility index (Phi) is 4.19. The van der Waals surface area contributed by atoms with Crippen molar-refractivity contribution in [3.8, 4) is 0 Å². The fourth-order valence-electron chi connectivity index (χ4n) is 1.28. The summed E-state index contributed by atoms with van der Waals surface area (Å²) in [5, 5.41) is 0. The van der Waals surface area contributed by atoms with Crippen molar-refractivity contribution in [1.82, 2.24) is 5.43 Å². The van der Waals surface area contributed by atoms with Crippen LogP contribution in [0.15, 0.2) is 16.5 Å². The highest BCUT2D eigenvalue weighted by Crippen LogP contribution is 2.10. The molecule has 0 aliphatic carbocycles. The predicted octanol–water partition coefficient (Wildman–Crippen LogP) is 1.29. The van der Waals surface area contributed by atoms with Crippen molar-refractivity contribution >= 4 is 5.91 Å². The number of carbonyl (C=O) groups is 1. The number of hydrogen-bond donors (Lipinski definition) is 2. The lowest BCUT2D eigenvalue weighted by atomic mass is 10.1. The van der Waals surface area contributed by atoms with Gasteiger partial charge in [0.15, 0.2) is 0 Å². The average molecular weight is 196 g/mol. The smallest absolute Gasteiger partial charge is 0.233 e. The van der Waals surface area contributed by atoms with Gasteiger partial charge in [-0.15, -0.1) is 0 Å². The van der Waals surface area contributed by atoms with E-state index in [2.05, 4.69) is 5.43 Å². The Balaban J connectivity index is 2.13. The summed E-state index contributed by atoms with van der Waals surface area (Å²) in [5.74, 6) is 6.75. The molecular formula is C10H16N2O2. The van der Waals surface area contributed by atoms with Crippen LogP contribution < -0.4 is 11.3 Å². The zero-order chi connectivity index (χ0) is 10.4. The van der Waals surface area contributed by atoms with Gasteiger partial charge in [0.25, 0.3) is 0 Å². The van der Waals surface area contributed by atoms with E-state index in [0.29, 0.717) is 6.42 Å². The van der Waals surface area contributed by atoms with Gasteiger partial charge in [0.1, 0.15) is 11.5 Å². The molecule has 0 aromatic carbocycles. The van der Waals surface area contributed by atoms with Crippen molar-refractivity contribution in [3.05, 3.63) is 23.7 Å². The van der Waals surface area contributed by atoms with Crippen LogP contribution in [0.25, 0.3) is 0 Å². The molecule has 1 aromatic heterocycles. The van der Waals surface area contributed by atoms with Crippen molar-refractivity contribution < 1.29 is 9.21 Å². The lowest BCUT2D eigenvalue weighted by Crippen LogP contribution is -2.29.